The molecule has 0 saturated heterocycles. The second-order valence-electron chi connectivity index (χ2n) is 10.8. The van der Waals surface area contributed by atoms with Gasteiger partial charge in [-0.15, -0.1) is 0 Å². The first-order valence-corrected chi connectivity index (χ1v) is 12.9. The zero-order valence-electron chi connectivity index (χ0n) is 23.7. The average Bonchev–Trinajstić information content (AvgIpc) is 2.78. The molecule has 3 N–H and O–H groups in total. The van der Waals surface area contributed by atoms with Gasteiger partial charge in [-0.1, -0.05) is 37.3 Å². The van der Waals surface area contributed by atoms with E-state index in [0.29, 0.717) is 19.4 Å². The Hall–Kier alpha value is -3.34. The summed E-state index contributed by atoms with van der Waals surface area (Å²) in [5, 5.41) is 6.59. The van der Waals surface area contributed by atoms with Crippen LogP contribution in [0.1, 0.15) is 73.3 Å². The van der Waals surface area contributed by atoms with Crippen molar-refractivity contribution in [3.8, 4) is 0 Å². The minimum atomic E-state index is -0.713. The minimum Gasteiger partial charge on any atom is -0.459 e. The fourth-order valence-corrected chi connectivity index (χ4v) is 3.26. The standard InChI is InChI=1S/C27H44N4O7/c1-8-29-31(18-23(33)37-26(2,3)4)22(32)17-21(30-25(35)38-27(5,6)7)15-12-16-28-24(34)36-19-20-13-10-9-11-14-20/h9-11,13-14,21,29H,8,12,15-19H2,1-7H3,(H,28,34)(H,30,35). The fourth-order valence-electron chi connectivity index (χ4n) is 3.26. The van der Waals surface area contributed by atoms with Gasteiger partial charge in [0, 0.05) is 25.6 Å². The molecule has 1 rings (SSSR count). The number of alkyl carbamates (subject to hydrolysis) is 2. The third kappa shape index (κ3) is 15.7. The molecule has 11 heteroatoms. The van der Waals surface area contributed by atoms with Gasteiger partial charge in [-0.2, -0.15) is 0 Å². The first-order chi connectivity index (χ1) is 17.7. The van der Waals surface area contributed by atoms with Crippen LogP contribution in [-0.2, 0) is 30.4 Å². The molecule has 0 saturated carbocycles. The fraction of sp³-hybridized carbons (Fsp3) is 0.630. The van der Waals surface area contributed by atoms with Crippen molar-refractivity contribution >= 4 is 24.1 Å². The smallest absolute Gasteiger partial charge is 0.407 e. The number of carbonyl (C=O) groups excluding carboxylic acids is 4. The Morgan fingerprint density at radius 1 is 0.921 bits per heavy atom. The molecule has 0 aliphatic rings. The summed E-state index contributed by atoms with van der Waals surface area (Å²) in [6.07, 6.45) is -0.476. The van der Waals surface area contributed by atoms with Crippen molar-refractivity contribution < 1.29 is 33.4 Å². The molecule has 11 nitrogen and oxygen atoms in total. The maximum absolute atomic E-state index is 13.0. The highest BCUT2D eigenvalue weighted by atomic mass is 16.6. The summed E-state index contributed by atoms with van der Waals surface area (Å²) in [5.74, 6) is -0.948. The van der Waals surface area contributed by atoms with E-state index in [2.05, 4.69) is 16.1 Å². The van der Waals surface area contributed by atoms with Gasteiger partial charge in [-0.05, 0) is 59.9 Å². The lowest BCUT2D eigenvalue weighted by atomic mass is 10.1. The van der Waals surface area contributed by atoms with Crippen LogP contribution in [0.2, 0.25) is 0 Å². The van der Waals surface area contributed by atoms with Gasteiger partial charge in [0.25, 0.3) is 0 Å². The molecule has 0 aromatic heterocycles. The van der Waals surface area contributed by atoms with Gasteiger partial charge < -0.3 is 24.8 Å². The third-order valence-corrected chi connectivity index (χ3v) is 4.71. The van der Waals surface area contributed by atoms with Crippen LogP contribution in [0.25, 0.3) is 0 Å². The Balaban J connectivity index is 2.70. The molecule has 0 bridgehead atoms. The Labute approximate surface area is 225 Å². The van der Waals surface area contributed by atoms with Crippen molar-refractivity contribution in [2.24, 2.45) is 0 Å². The molecule has 0 fully saturated rings. The van der Waals surface area contributed by atoms with E-state index in [1.807, 2.05) is 30.3 Å². The topological polar surface area (TPSA) is 135 Å². The molecule has 214 valence electrons. The molecule has 1 aromatic rings. The summed E-state index contributed by atoms with van der Waals surface area (Å²) in [5.41, 5.74) is 2.35. The first-order valence-electron chi connectivity index (χ1n) is 12.9. The number of carbonyl (C=O) groups is 4. The van der Waals surface area contributed by atoms with Gasteiger partial charge in [0.05, 0.1) is 0 Å². The predicted molar refractivity (Wildman–Crippen MR) is 143 cm³/mol. The predicted octanol–water partition coefficient (Wildman–Crippen LogP) is 3.67. The third-order valence-electron chi connectivity index (χ3n) is 4.71. The molecule has 1 atom stereocenters. The Kier molecular flexibility index (Phi) is 13.6. The van der Waals surface area contributed by atoms with Crippen molar-refractivity contribution in [2.45, 2.75) is 91.6 Å². The van der Waals surface area contributed by atoms with E-state index in [-0.39, 0.29) is 26.1 Å². The van der Waals surface area contributed by atoms with Gasteiger partial charge in [0.15, 0.2) is 0 Å². The SMILES string of the molecule is CCNN(CC(=O)OC(C)(C)C)C(=O)CC(CCCNC(=O)OCc1ccccc1)NC(=O)OC(C)(C)C. The molecule has 38 heavy (non-hydrogen) atoms. The molecule has 0 spiro atoms. The van der Waals surface area contributed by atoms with Crippen molar-refractivity contribution in [3.63, 3.8) is 0 Å². The average molecular weight is 537 g/mol. The van der Waals surface area contributed by atoms with E-state index in [0.717, 1.165) is 5.56 Å². The van der Waals surface area contributed by atoms with Crippen molar-refractivity contribution in [1.29, 1.82) is 0 Å². The number of amides is 3. The lowest BCUT2D eigenvalue weighted by Gasteiger charge is -2.28. The number of rotatable bonds is 13. The van der Waals surface area contributed by atoms with E-state index >= 15 is 0 Å². The second-order valence-corrected chi connectivity index (χ2v) is 10.8. The van der Waals surface area contributed by atoms with E-state index in [4.69, 9.17) is 14.2 Å². The number of nitrogens with zero attached hydrogens (tertiary/aromatic N) is 1. The number of ether oxygens (including phenoxy) is 3. The largest absolute Gasteiger partial charge is 0.459 e. The van der Waals surface area contributed by atoms with Crippen LogP contribution < -0.4 is 16.1 Å². The van der Waals surface area contributed by atoms with Crippen LogP contribution in [0.4, 0.5) is 9.59 Å². The van der Waals surface area contributed by atoms with E-state index < -0.39 is 41.3 Å². The van der Waals surface area contributed by atoms with Gasteiger partial charge >= 0.3 is 18.2 Å². The zero-order valence-corrected chi connectivity index (χ0v) is 23.7. The van der Waals surface area contributed by atoms with E-state index in [9.17, 15) is 19.2 Å². The number of hydrogen-bond donors (Lipinski definition) is 3. The lowest BCUT2D eigenvalue weighted by Crippen LogP contribution is -2.49. The Morgan fingerprint density at radius 3 is 2.13 bits per heavy atom. The highest BCUT2D eigenvalue weighted by molar-refractivity contribution is 5.82. The van der Waals surface area contributed by atoms with Crippen LogP contribution >= 0.6 is 0 Å². The minimum absolute atomic E-state index is 0.0898. The van der Waals surface area contributed by atoms with Gasteiger partial charge in [-0.25, -0.2) is 15.0 Å². The lowest BCUT2D eigenvalue weighted by molar-refractivity contribution is -0.160. The Bertz CT molecular complexity index is 895. The highest BCUT2D eigenvalue weighted by Gasteiger charge is 2.26. The monoisotopic (exact) mass is 536 g/mol. The van der Waals surface area contributed by atoms with Gasteiger partial charge in [0.1, 0.15) is 24.4 Å². The van der Waals surface area contributed by atoms with Crippen LogP contribution in [0, 0.1) is 0 Å². The van der Waals surface area contributed by atoms with Gasteiger partial charge in [-0.3, -0.25) is 14.6 Å². The normalized spacial score (nSPS) is 12.2. The van der Waals surface area contributed by atoms with Crippen molar-refractivity contribution in [2.75, 3.05) is 19.6 Å². The molecular weight excluding hydrogens is 492 g/mol. The van der Waals surface area contributed by atoms with Crippen LogP contribution in [-0.4, -0.2) is 66.0 Å². The molecule has 0 aliphatic carbocycles. The summed E-state index contributed by atoms with van der Waals surface area (Å²) in [7, 11) is 0. The quantitative estimate of drug-likeness (QED) is 0.150. The number of benzene rings is 1. The molecule has 0 heterocycles. The van der Waals surface area contributed by atoms with Crippen LogP contribution in [0.15, 0.2) is 30.3 Å². The molecule has 1 unspecified atom stereocenters. The highest BCUT2D eigenvalue weighted by Crippen LogP contribution is 2.11. The Morgan fingerprint density at radius 2 is 1.55 bits per heavy atom. The second kappa shape index (κ2) is 15.8. The molecule has 1 aromatic carbocycles. The zero-order chi connectivity index (χ0) is 28.8. The molecule has 3 amide bonds. The van der Waals surface area contributed by atoms with Crippen molar-refractivity contribution in [3.05, 3.63) is 35.9 Å². The number of hydrogen-bond acceptors (Lipinski definition) is 8. The van der Waals surface area contributed by atoms with E-state index in [1.165, 1.54) is 5.01 Å². The molecule has 0 aliphatic heterocycles. The molecular formula is C27H44N4O7. The summed E-state index contributed by atoms with van der Waals surface area (Å²) >= 11 is 0. The summed E-state index contributed by atoms with van der Waals surface area (Å²) < 4.78 is 15.9. The first kappa shape index (κ1) is 32.7. The number of esters is 1. The maximum atomic E-state index is 13.0. The van der Waals surface area contributed by atoms with Crippen LogP contribution in [0.3, 0.4) is 0 Å². The number of nitrogens with one attached hydrogen (secondary N) is 3. The van der Waals surface area contributed by atoms with Gasteiger partial charge in [0.2, 0.25) is 5.91 Å². The summed E-state index contributed by atoms with van der Waals surface area (Å²) in [6, 6.07) is 8.72. The van der Waals surface area contributed by atoms with E-state index in [1.54, 1.807) is 48.5 Å². The van der Waals surface area contributed by atoms with Crippen LogP contribution in [0.5, 0.6) is 0 Å². The number of hydrazine groups is 1. The maximum Gasteiger partial charge on any atom is 0.407 e. The summed E-state index contributed by atoms with van der Waals surface area (Å²) in [4.78, 5) is 49.7. The molecule has 0 radical (unpaired) electrons. The van der Waals surface area contributed by atoms with Crippen molar-refractivity contribution in [1.82, 2.24) is 21.1 Å². The summed E-state index contributed by atoms with van der Waals surface area (Å²) in [6.45, 7) is 12.8.